The van der Waals surface area contributed by atoms with Crippen LogP contribution in [0.15, 0.2) is 24.8 Å². The van der Waals surface area contributed by atoms with Gasteiger partial charge < -0.3 is 24.9 Å². The minimum absolute atomic E-state index is 0.127. The highest BCUT2D eigenvalue weighted by molar-refractivity contribution is 6.00. The van der Waals surface area contributed by atoms with Crippen LogP contribution >= 0.6 is 0 Å². The fourth-order valence-corrected chi connectivity index (χ4v) is 4.97. The molecule has 1 amide bonds. The molecular weight excluding hydrogens is 356 g/mol. The summed E-state index contributed by atoms with van der Waals surface area (Å²) in [4.78, 5) is 25.1. The molecule has 5 rings (SSSR count). The number of rotatable bonds is 4. The van der Waals surface area contributed by atoms with Crippen LogP contribution in [0.1, 0.15) is 44.6 Å². The SMILES string of the molecule is O=C(O)N1CCC[C@@H]1CNC1CCC(n2cnc3cnc4[nH]ccc4c32)CC1. The van der Waals surface area contributed by atoms with E-state index in [2.05, 4.69) is 30.9 Å². The number of nitrogens with one attached hydrogen (secondary N) is 2. The topological polar surface area (TPSA) is 99.1 Å². The summed E-state index contributed by atoms with van der Waals surface area (Å²) in [6.07, 6.45) is 11.3. The van der Waals surface area contributed by atoms with E-state index in [0.717, 1.165) is 61.6 Å². The van der Waals surface area contributed by atoms with Gasteiger partial charge >= 0.3 is 6.09 Å². The number of aromatic nitrogens is 4. The Kier molecular flexibility index (Phi) is 4.43. The minimum atomic E-state index is -0.787. The smallest absolute Gasteiger partial charge is 0.407 e. The Bertz CT molecular complexity index is 987. The van der Waals surface area contributed by atoms with Crippen molar-refractivity contribution in [3.05, 3.63) is 24.8 Å². The zero-order valence-corrected chi connectivity index (χ0v) is 15.8. The maximum atomic E-state index is 11.3. The van der Waals surface area contributed by atoms with Crippen molar-refractivity contribution in [2.75, 3.05) is 13.1 Å². The molecule has 0 bridgehead atoms. The Morgan fingerprint density at radius 1 is 1.25 bits per heavy atom. The lowest BCUT2D eigenvalue weighted by molar-refractivity contribution is 0.138. The van der Waals surface area contributed by atoms with Crippen LogP contribution in [0, 0.1) is 0 Å². The summed E-state index contributed by atoms with van der Waals surface area (Å²) in [5.74, 6) is 0. The van der Waals surface area contributed by atoms with Gasteiger partial charge in [-0.1, -0.05) is 0 Å². The molecule has 0 spiro atoms. The second-order valence-electron chi connectivity index (χ2n) is 8.07. The molecule has 0 unspecified atom stereocenters. The third kappa shape index (κ3) is 3.01. The zero-order chi connectivity index (χ0) is 19.1. The number of aromatic amines is 1. The second kappa shape index (κ2) is 7.09. The fraction of sp³-hybridized carbons (Fsp3) is 0.550. The summed E-state index contributed by atoms with van der Waals surface area (Å²) in [5.41, 5.74) is 3.03. The van der Waals surface area contributed by atoms with Gasteiger partial charge in [0.25, 0.3) is 0 Å². The predicted octanol–water partition coefficient (Wildman–Crippen LogP) is 3.13. The number of amides is 1. The van der Waals surface area contributed by atoms with Gasteiger partial charge in [-0.3, -0.25) is 0 Å². The van der Waals surface area contributed by atoms with Crippen molar-refractivity contribution in [2.24, 2.45) is 0 Å². The normalized spacial score (nSPS) is 25.7. The molecule has 1 aliphatic heterocycles. The van der Waals surface area contributed by atoms with Crippen LogP contribution in [-0.4, -0.2) is 60.8 Å². The molecule has 2 fully saturated rings. The van der Waals surface area contributed by atoms with Crippen molar-refractivity contribution in [3.63, 3.8) is 0 Å². The van der Waals surface area contributed by atoms with Gasteiger partial charge in [0.1, 0.15) is 11.2 Å². The first-order valence-corrected chi connectivity index (χ1v) is 10.2. The van der Waals surface area contributed by atoms with Gasteiger partial charge in [-0.25, -0.2) is 14.8 Å². The van der Waals surface area contributed by atoms with Crippen molar-refractivity contribution in [3.8, 4) is 0 Å². The molecule has 3 aromatic rings. The van der Waals surface area contributed by atoms with E-state index >= 15 is 0 Å². The molecule has 1 atom stereocenters. The number of nitrogens with zero attached hydrogens (tertiary/aromatic N) is 4. The molecule has 8 heteroatoms. The molecule has 1 aliphatic carbocycles. The summed E-state index contributed by atoms with van der Waals surface area (Å²) in [5, 5.41) is 14.1. The summed E-state index contributed by atoms with van der Waals surface area (Å²) in [6.45, 7) is 1.44. The van der Waals surface area contributed by atoms with E-state index in [1.807, 2.05) is 18.7 Å². The lowest BCUT2D eigenvalue weighted by atomic mass is 9.90. The predicted molar refractivity (Wildman–Crippen MR) is 106 cm³/mol. The number of likely N-dealkylation sites (tertiary alicyclic amines) is 1. The highest BCUT2D eigenvalue weighted by Gasteiger charge is 2.30. The van der Waals surface area contributed by atoms with Gasteiger partial charge in [0.2, 0.25) is 0 Å². The standard InChI is InChI=1S/C20H26N6O2/c27-20(28)25-9-1-2-15(25)10-22-13-3-5-14(6-4-13)26-12-24-17-11-23-19-16(18(17)26)7-8-21-19/h7-8,11-15,22H,1-6,9-10H2,(H,21,23)(H,27,28)/t13?,14?,15-/m1/s1. The number of pyridine rings is 1. The molecule has 4 heterocycles. The number of hydrogen-bond acceptors (Lipinski definition) is 4. The highest BCUT2D eigenvalue weighted by Crippen LogP contribution is 2.33. The van der Waals surface area contributed by atoms with Gasteiger partial charge in [0, 0.05) is 42.8 Å². The largest absolute Gasteiger partial charge is 0.465 e. The monoisotopic (exact) mass is 382 g/mol. The van der Waals surface area contributed by atoms with Crippen molar-refractivity contribution in [1.29, 1.82) is 0 Å². The number of H-pyrrole nitrogens is 1. The molecule has 28 heavy (non-hydrogen) atoms. The molecular formula is C20H26N6O2. The van der Waals surface area contributed by atoms with E-state index in [-0.39, 0.29) is 6.04 Å². The molecule has 2 aliphatic rings. The van der Waals surface area contributed by atoms with Gasteiger partial charge in [-0.15, -0.1) is 0 Å². The number of imidazole rings is 1. The number of carboxylic acid groups (broad SMARTS) is 1. The van der Waals surface area contributed by atoms with E-state index in [0.29, 0.717) is 18.6 Å². The highest BCUT2D eigenvalue weighted by atomic mass is 16.4. The molecule has 0 aromatic carbocycles. The Labute approximate surface area is 162 Å². The molecule has 1 saturated carbocycles. The van der Waals surface area contributed by atoms with Crippen LogP contribution in [-0.2, 0) is 0 Å². The van der Waals surface area contributed by atoms with Crippen LogP contribution in [0.4, 0.5) is 4.79 Å². The number of hydrogen-bond donors (Lipinski definition) is 3. The first-order chi connectivity index (χ1) is 13.7. The average Bonchev–Trinajstić information content (AvgIpc) is 3.44. The van der Waals surface area contributed by atoms with E-state index in [1.54, 1.807) is 4.90 Å². The van der Waals surface area contributed by atoms with Crippen molar-refractivity contribution in [2.45, 2.75) is 56.7 Å². The Balaban J connectivity index is 1.24. The maximum Gasteiger partial charge on any atom is 0.407 e. The lowest BCUT2D eigenvalue weighted by Crippen LogP contribution is -2.44. The van der Waals surface area contributed by atoms with Crippen LogP contribution in [0.3, 0.4) is 0 Å². The van der Waals surface area contributed by atoms with Crippen molar-refractivity contribution < 1.29 is 9.90 Å². The summed E-state index contributed by atoms with van der Waals surface area (Å²) in [7, 11) is 0. The van der Waals surface area contributed by atoms with Crippen molar-refractivity contribution >= 4 is 28.2 Å². The van der Waals surface area contributed by atoms with Gasteiger partial charge in [-0.2, -0.15) is 0 Å². The van der Waals surface area contributed by atoms with E-state index in [1.165, 1.54) is 5.52 Å². The Hall–Kier alpha value is -2.61. The third-order valence-electron chi connectivity index (χ3n) is 6.47. The quantitative estimate of drug-likeness (QED) is 0.644. The number of carbonyl (C=O) groups is 1. The maximum absolute atomic E-state index is 11.3. The summed E-state index contributed by atoms with van der Waals surface area (Å²) < 4.78 is 2.33. The van der Waals surface area contributed by atoms with E-state index in [4.69, 9.17) is 0 Å². The van der Waals surface area contributed by atoms with E-state index in [9.17, 15) is 9.90 Å². The Morgan fingerprint density at radius 2 is 2.11 bits per heavy atom. The third-order valence-corrected chi connectivity index (χ3v) is 6.47. The summed E-state index contributed by atoms with van der Waals surface area (Å²) >= 11 is 0. The lowest BCUT2D eigenvalue weighted by Gasteiger charge is -2.32. The van der Waals surface area contributed by atoms with Crippen LogP contribution in [0.5, 0.6) is 0 Å². The average molecular weight is 382 g/mol. The molecule has 3 aromatic heterocycles. The Morgan fingerprint density at radius 3 is 2.93 bits per heavy atom. The van der Waals surface area contributed by atoms with Crippen molar-refractivity contribution in [1.82, 2.24) is 29.7 Å². The van der Waals surface area contributed by atoms with Gasteiger partial charge in [-0.05, 0) is 44.6 Å². The number of fused-ring (bicyclic) bond motifs is 3. The molecule has 1 saturated heterocycles. The second-order valence-corrected chi connectivity index (χ2v) is 8.07. The van der Waals surface area contributed by atoms with Crippen LogP contribution in [0.25, 0.3) is 22.1 Å². The fourth-order valence-electron chi connectivity index (χ4n) is 4.97. The van der Waals surface area contributed by atoms with Gasteiger partial charge in [0.05, 0.1) is 18.0 Å². The zero-order valence-electron chi connectivity index (χ0n) is 15.8. The van der Waals surface area contributed by atoms with Gasteiger partial charge in [0.15, 0.2) is 0 Å². The first kappa shape index (κ1) is 17.5. The van der Waals surface area contributed by atoms with Crippen LogP contribution < -0.4 is 5.32 Å². The minimum Gasteiger partial charge on any atom is -0.465 e. The molecule has 148 valence electrons. The summed E-state index contributed by atoms with van der Waals surface area (Å²) in [6, 6.07) is 3.12. The first-order valence-electron chi connectivity index (χ1n) is 10.2. The molecule has 8 nitrogen and oxygen atoms in total. The van der Waals surface area contributed by atoms with Crippen LogP contribution in [0.2, 0.25) is 0 Å². The molecule has 0 radical (unpaired) electrons. The van der Waals surface area contributed by atoms with E-state index < -0.39 is 6.09 Å². The molecule has 3 N–H and O–H groups in total.